The standard InChI is InChI=1S/C15H18N4O/c1-9-8-14(17-12(4)13-6-5-7-20-13)19-15(16-9)10(2)11(3)18-19/h5-8,12,17H,1-4H3/t12-/m1/s1. The van der Waals surface area contributed by atoms with Gasteiger partial charge in [-0.3, -0.25) is 0 Å². The molecule has 0 saturated carbocycles. The lowest BCUT2D eigenvalue weighted by Crippen LogP contribution is -2.10. The second-order valence-corrected chi connectivity index (χ2v) is 5.11. The zero-order valence-electron chi connectivity index (χ0n) is 12.1. The highest BCUT2D eigenvalue weighted by Gasteiger charge is 2.14. The van der Waals surface area contributed by atoms with Crippen molar-refractivity contribution in [2.75, 3.05) is 5.32 Å². The van der Waals surface area contributed by atoms with Crippen LogP contribution in [0.3, 0.4) is 0 Å². The van der Waals surface area contributed by atoms with Gasteiger partial charge in [0.1, 0.15) is 11.6 Å². The van der Waals surface area contributed by atoms with Crippen LogP contribution in [-0.4, -0.2) is 14.6 Å². The molecule has 0 aliphatic rings. The van der Waals surface area contributed by atoms with Gasteiger partial charge in [0.05, 0.1) is 18.0 Å². The van der Waals surface area contributed by atoms with E-state index in [1.54, 1.807) is 6.26 Å². The van der Waals surface area contributed by atoms with Crippen molar-refractivity contribution in [3.05, 3.63) is 47.2 Å². The molecule has 3 heterocycles. The summed E-state index contributed by atoms with van der Waals surface area (Å²) in [7, 11) is 0. The summed E-state index contributed by atoms with van der Waals surface area (Å²) in [6.45, 7) is 8.09. The molecule has 20 heavy (non-hydrogen) atoms. The van der Waals surface area contributed by atoms with Crippen molar-refractivity contribution in [2.45, 2.75) is 33.7 Å². The number of rotatable bonds is 3. The molecule has 0 aliphatic carbocycles. The van der Waals surface area contributed by atoms with Crippen LogP contribution in [0.5, 0.6) is 0 Å². The summed E-state index contributed by atoms with van der Waals surface area (Å²) in [5.41, 5.74) is 3.98. The highest BCUT2D eigenvalue weighted by molar-refractivity contribution is 5.56. The van der Waals surface area contributed by atoms with E-state index in [0.717, 1.165) is 34.2 Å². The summed E-state index contributed by atoms with van der Waals surface area (Å²) in [6.07, 6.45) is 1.68. The van der Waals surface area contributed by atoms with Gasteiger partial charge < -0.3 is 9.73 Å². The van der Waals surface area contributed by atoms with Gasteiger partial charge in [0, 0.05) is 17.3 Å². The Morgan fingerprint density at radius 2 is 2.10 bits per heavy atom. The van der Waals surface area contributed by atoms with E-state index < -0.39 is 0 Å². The van der Waals surface area contributed by atoms with E-state index in [-0.39, 0.29) is 6.04 Å². The SMILES string of the molecule is Cc1cc(N[C@H](C)c2ccco2)n2nc(C)c(C)c2n1. The highest BCUT2D eigenvalue weighted by Crippen LogP contribution is 2.22. The van der Waals surface area contributed by atoms with E-state index in [2.05, 4.69) is 22.3 Å². The number of fused-ring (bicyclic) bond motifs is 1. The fourth-order valence-electron chi connectivity index (χ4n) is 2.28. The second-order valence-electron chi connectivity index (χ2n) is 5.11. The number of hydrogen-bond acceptors (Lipinski definition) is 4. The van der Waals surface area contributed by atoms with Crippen LogP contribution in [0.1, 0.15) is 35.7 Å². The van der Waals surface area contributed by atoms with Gasteiger partial charge in [0.15, 0.2) is 5.65 Å². The van der Waals surface area contributed by atoms with Crippen LogP contribution in [-0.2, 0) is 0 Å². The molecule has 1 atom stereocenters. The van der Waals surface area contributed by atoms with Gasteiger partial charge in [-0.2, -0.15) is 9.61 Å². The number of hydrogen-bond donors (Lipinski definition) is 1. The maximum absolute atomic E-state index is 5.43. The van der Waals surface area contributed by atoms with Crippen LogP contribution < -0.4 is 5.32 Å². The Balaban J connectivity index is 2.05. The Kier molecular flexibility index (Phi) is 2.97. The lowest BCUT2D eigenvalue weighted by Gasteiger charge is -2.14. The van der Waals surface area contributed by atoms with Crippen LogP contribution in [0.25, 0.3) is 5.65 Å². The molecule has 3 rings (SSSR count). The van der Waals surface area contributed by atoms with E-state index in [0.29, 0.717) is 0 Å². The summed E-state index contributed by atoms with van der Waals surface area (Å²) in [6, 6.07) is 5.92. The van der Waals surface area contributed by atoms with E-state index in [9.17, 15) is 0 Å². The quantitative estimate of drug-likeness (QED) is 0.792. The van der Waals surface area contributed by atoms with Crippen molar-refractivity contribution >= 4 is 11.5 Å². The molecule has 0 bridgehead atoms. The van der Waals surface area contributed by atoms with Gasteiger partial charge >= 0.3 is 0 Å². The molecule has 0 saturated heterocycles. The monoisotopic (exact) mass is 270 g/mol. The van der Waals surface area contributed by atoms with Crippen molar-refractivity contribution in [1.82, 2.24) is 14.6 Å². The van der Waals surface area contributed by atoms with Crippen LogP contribution in [0.2, 0.25) is 0 Å². The first kappa shape index (κ1) is 12.7. The van der Waals surface area contributed by atoms with Crippen molar-refractivity contribution < 1.29 is 4.42 Å². The minimum atomic E-state index is 0.0693. The van der Waals surface area contributed by atoms with Gasteiger partial charge in [-0.15, -0.1) is 0 Å². The summed E-state index contributed by atoms with van der Waals surface area (Å²) in [5.74, 6) is 1.82. The Morgan fingerprint density at radius 3 is 2.80 bits per heavy atom. The van der Waals surface area contributed by atoms with Gasteiger partial charge in [0.25, 0.3) is 0 Å². The van der Waals surface area contributed by atoms with E-state index >= 15 is 0 Å². The first-order valence-electron chi connectivity index (χ1n) is 6.70. The zero-order chi connectivity index (χ0) is 14.3. The predicted octanol–water partition coefficient (Wildman–Crippen LogP) is 3.42. The third-order valence-electron chi connectivity index (χ3n) is 3.52. The summed E-state index contributed by atoms with van der Waals surface area (Å²) in [4.78, 5) is 4.56. The first-order valence-corrected chi connectivity index (χ1v) is 6.70. The first-order chi connectivity index (χ1) is 9.56. The van der Waals surface area contributed by atoms with E-state index in [1.165, 1.54) is 0 Å². The van der Waals surface area contributed by atoms with Crippen LogP contribution >= 0.6 is 0 Å². The third kappa shape index (κ3) is 2.05. The number of nitrogens with one attached hydrogen (secondary N) is 1. The maximum atomic E-state index is 5.43. The summed E-state index contributed by atoms with van der Waals surface area (Å²) in [5, 5.41) is 7.98. The lowest BCUT2D eigenvalue weighted by atomic mass is 10.2. The molecular formula is C15H18N4O. The zero-order valence-corrected chi connectivity index (χ0v) is 12.1. The molecule has 104 valence electrons. The van der Waals surface area contributed by atoms with Crippen molar-refractivity contribution in [1.29, 1.82) is 0 Å². The van der Waals surface area contributed by atoms with Gasteiger partial charge in [-0.05, 0) is 39.8 Å². The molecule has 0 spiro atoms. The van der Waals surface area contributed by atoms with Crippen LogP contribution in [0.15, 0.2) is 28.9 Å². The number of nitrogens with zero attached hydrogens (tertiary/aromatic N) is 3. The topological polar surface area (TPSA) is 55.4 Å². The molecule has 5 nitrogen and oxygen atoms in total. The van der Waals surface area contributed by atoms with Gasteiger partial charge in [-0.1, -0.05) is 0 Å². The van der Waals surface area contributed by atoms with Gasteiger partial charge in [0.2, 0.25) is 0 Å². The average molecular weight is 270 g/mol. The molecule has 5 heteroatoms. The number of anilines is 1. The number of aryl methyl sites for hydroxylation is 3. The fraction of sp³-hybridized carbons (Fsp3) is 0.333. The molecule has 0 amide bonds. The molecule has 0 radical (unpaired) electrons. The van der Waals surface area contributed by atoms with Crippen molar-refractivity contribution in [2.24, 2.45) is 0 Å². The molecule has 3 aromatic rings. The lowest BCUT2D eigenvalue weighted by molar-refractivity contribution is 0.489. The normalized spacial score (nSPS) is 12.8. The van der Waals surface area contributed by atoms with E-state index in [4.69, 9.17) is 4.42 Å². The fourth-order valence-corrected chi connectivity index (χ4v) is 2.28. The smallest absolute Gasteiger partial charge is 0.160 e. The molecule has 3 aromatic heterocycles. The van der Waals surface area contributed by atoms with Gasteiger partial charge in [-0.25, -0.2) is 4.98 Å². The van der Waals surface area contributed by atoms with E-state index in [1.807, 2.05) is 43.5 Å². The molecule has 0 aliphatic heterocycles. The summed E-state index contributed by atoms with van der Waals surface area (Å²) >= 11 is 0. The largest absolute Gasteiger partial charge is 0.467 e. The Hall–Kier alpha value is -2.30. The molecule has 0 aromatic carbocycles. The number of furan rings is 1. The molecule has 0 unspecified atom stereocenters. The molecule has 1 N–H and O–H groups in total. The van der Waals surface area contributed by atoms with Crippen LogP contribution in [0, 0.1) is 20.8 Å². The number of aromatic nitrogens is 3. The van der Waals surface area contributed by atoms with Crippen molar-refractivity contribution in [3.8, 4) is 0 Å². The maximum Gasteiger partial charge on any atom is 0.160 e. The third-order valence-corrected chi connectivity index (χ3v) is 3.52. The minimum Gasteiger partial charge on any atom is -0.467 e. The second kappa shape index (κ2) is 4.67. The minimum absolute atomic E-state index is 0.0693. The molecular weight excluding hydrogens is 252 g/mol. The van der Waals surface area contributed by atoms with Crippen LogP contribution in [0.4, 0.5) is 5.82 Å². The predicted molar refractivity (Wildman–Crippen MR) is 77.9 cm³/mol. The average Bonchev–Trinajstić information content (AvgIpc) is 3.02. The molecule has 0 fully saturated rings. The summed E-state index contributed by atoms with van der Waals surface area (Å²) < 4.78 is 7.29. The highest BCUT2D eigenvalue weighted by atomic mass is 16.3. The Labute approximate surface area is 117 Å². The van der Waals surface area contributed by atoms with Crippen molar-refractivity contribution in [3.63, 3.8) is 0 Å². The Morgan fingerprint density at radius 1 is 1.30 bits per heavy atom. The Bertz CT molecular complexity index is 743.